The van der Waals surface area contributed by atoms with E-state index in [0.29, 0.717) is 6.32 Å². The van der Waals surface area contributed by atoms with Gasteiger partial charge in [-0.25, -0.2) is 0 Å². The van der Waals surface area contributed by atoms with E-state index in [1.54, 1.807) is 12.4 Å². The second kappa shape index (κ2) is 2.50. The first-order valence-electron chi connectivity index (χ1n) is 2.52. The average molecular weight is 103 g/mol. The molecule has 0 aliphatic carbocycles. The van der Waals surface area contributed by atoms with E-state index in [4.69, 9.17) is 7.85 Å². The summed E-state index contributed by atoms with van der Waals surface area (Å²) in [5.74, 6) is 0. The smallest absolute Gasteiger partial charge is 0.0717 e. The minimum atomic E-state index is 0.577. The van der Waals surface area contributed by atoms with Gasteiger partial charge in [-0.15, -0.1) is 0 Å². The Morgan fingerprint density at radius 3 is 2.88 bits per heavy atom. The number of hydrogen-bond donors (Lipinski definition) is 0. The van der Waals surface area contributed by atoms with Crippen molar-refractivity contribution in [1.29, 1.82) is 0 Å². The molecule has 0 aliphatic heterocycles. The molecule has 0 atom stereocenters. The largest absolute Gasteiger partial charge is 0.264 e. The summed E-state index contributed by atoms with van der Waals surface area (Å²) in [4.78, 5) is 3.88. The van der Waals surface area contributed by atoms with Gasteiger partial charge >= 0.3 is 0 Å². The van der Waals surface area contributed by atoms with Crippen molar-refractivity contribution in [2.75, 3.05) is 0 Å². The SMILES string of the molecule is [B]Cc1cccnc1. The summed E-state index contributed by atoms with van der Waals surface area (Å²) in [6.07, 6.45) is 4.08. The lowest BCUT2D eigenvalue weighted by atomic mass is 9.99. The highest BCUT2D eigenvalue weighted by Crippen LogP contribution is 1.91. The van der Waals surface area contributed by atoms with Crippen molar-refractivity contribution < 1.29 is 0 Å². The molecular weight excluding hydrogens is 96.9 g/mol. The Morgan fingerprint density at radius 2 is 2.50 bits per heavy atom. The van der Waals surface area contributed by atoms with E-state index in [-0.39, 0.29) is 0 Å². The monoisotopic (exact) mass is 103 g/mol. The lowest BCUT2D eigenvalue weighted by Gasteiger charge is -1.89. The Kier molecular flexibility index (Phi) is 1.68. The fraction of sp³-hybridized carbons (Fsp3) is 0.167. The molecule has 0 N–H and O–H groups in total. The summed E-state index contributed by atoms with van der Waals surface area (Å²) in [5, 5.41) is 0. The van der Waals surface area contributed by atoms with Crippen LogP contribution in [0.25, 0.3) is 0 Å². The maximum atomic E-state index is 5.31. The maximum Gasteiger partial charge on any atom is 0.0717 e. The molecule has 1 nitrogen and oxygen atoms in total. The van der Waals surface area contributed by atoms with Gasteiger partial charge in [-0.1, -0.05) is 12.4 Å². The van der Waals surface area contributed by atoms with Crippen molar-refractivity contribution in [1.82, 2.24) is 4.98 Å². The van der Waals surface area contributed by atoms with Gasteiger partial charge in [-0.05, 0) is 11.6 Å². The highest BCUT2D eigenvalue weighted by atomic mass is 14.6. The van der Waals surface area contributed by atoms with Crippen molar-refractivity contribution in [2.45, 2.75) is 6.32 Å². The molecule has 2 radical (unpaired) electrons. The Morgan fingerprint density at radius 1 is 1.62 bits per heavy atom. The lowest BCUT2D eigenvalue weighted by molar-refractivity contribution is 1.25. The van der Waals surface area contributed by atoms with Crippen LogP contribution < -0.4 is 0 Å². The molecule has 0 fully saturated rings. The van der Waals surface area contributed by atoms with E-state index >= 15 is 0 Å². The summed E-state index contributed by atoms with van der Waals surface area (Å²) in [7, 11) is 5.31. The van der Waals surface area contributed by atoms with Gasteiger partial charge in [0.1, 0.15) is 0 Å². The van der Waals surface area contributed by atoms with Crippen LogP contribution in [-0.4, -0.2) is 12.8 Å². The standard InChI is InChI=1S/C6H6BN/c7-4-6-2-1-3-8-5-6/h1-3,5H,4H2. The topological polar surface area (TPSA) is 12.9 Å². The van der Waals surface area contributed by atoms with Crippen LogP contribution in [-0.2, 0) is 6.32 Å². The van der Waals surface area contributed by atoms with E-state index in [1.807, 2.05) is 12.1 Å². The van der Waals surface area contributed by atoms with Gasteiger partial charge in [0.05, 0.1) is 7.85 Å². The van der Waals surface area contributed by atoms with Crippen molar-refractivity contribution in [3.05, 3.63) is 30.1 Å². The molecule has 2 heteroatoms. The second-order valence-electron chi connectivity index (χ2n) is 1.57. The first-order chi connectivity index (χ1) is 3.93. The Labute approximate surface area is 50.2 Å². The molecule has 38 valence electrons. The van der Waals surface area contributed by atoms with Crippen LogP contribution in [0.4, 0.5) is 0 Å². The summed E-state index contributed by atoms with van der Waals surface area (Å²) in [6, 6.07) is 3.83. The number of nitrogens with zero attached hydrogens (tertiary/aromatic N) is 1. The summed E-state index contributed by atoms with van der Waals surface area (Å²) < 4.78 is 0. The van der Waals surface area contributed by atoms with Gasteiger partial charge in [-0.3, -0.25) is 4.98 Å². The first-order valence-corrected chi connectivity index (χ1v) is 2.52. The van der Waals surface area contributed by atoms with E-state index in [0.717, 1.165) is 5.56 Å². The lowest BCUT2D eigenvalue weighted by Crippen LogP contribution is -1.81. The van der Waals surface area contributed by atoms with Crippen molar-refractivity contribution in [3.63, 3.8) is 0 Å². The average Bonchev–Trinajstić information content (AvgIpc) is 1.90. The molecule has 0 aromatic carbocycles. The van der Waals surface area contributed by atoms with Crippen LogP contribution >= 0.6 is 0 Å². The third kappa shape index (κ3) is 1.09. The molecule has 1 rings (SSSR count). The Bertz CT molecular complexity index is 150. The van der Waals surface area contributed by atoms with Gasteiger partial charge < -0.3 is 0 Å². The summed E-state index contributed by atoms with van der Waals surface area (Å²) in [5.41, 5.74) is 1.08. The van der Waals surface area contributed by atoms with E-state index in [2.05, 4.69) is 4.98 Å². The molecule has 0 saturated heterocycles. The predicted octanol–water partition coefficient (Wildman–Crippen LogP) is 0.750. The molecule has 8 heavy (non-hydrogen) atoms. The van der Waals surface area contributed by atoms with Crippen LogP contribution in [0.2, 0.25) is 0 Å². The van der Waals surface area contributed by atoms with Crippen LogP contribution in [0, 0.1) is 0 Å². The molecule has 0 spiro atoms. The molecular formula is C6H6BN. The van der Waals surface area contributed by atoms with Crippen LogP contribution in [0.1, 0.15) is 5.56 Å². The molecule has 0 bridgehead atoms. The number of aromatic nitrogens is 1. The number of pyridine rings is 1. The molecule has 1 heterocycles. The van der Waals surface area contributed by atoms with Gasteiger partial charge in [0.15, 0.2) is 0 Å². The van der Waals surface area contributed by atoms with E-state index in [1.165, 1.54) is 0 Å². The van der Waals surface area contributed by atoms with E-state index < -0.39 is 0 Å². The zero-order valence-electron chi connectivity index (χ0n) is 4.54. The van der Waals surface area contributed by atoms with Gasteiger partial charge in [0.25, 0.3) is 0 Å². The minimum Gasteiger partial charge on any atom is -0.264 e. The third-order valence-corrected chi connectivity index (χ3v) is 0.958. The van der Waals surface area contributed by atoms with Crippen molar-refractivity contribution in [3.8, 4) is 0 Å². The molecule has 0 aliphatic rings. The van der Waals surface area contributed by atoms with Crippen molar-refractivity contribution >= 4 is 7.85 Å². The van der Waals surface area contributed by atoms with Gasteiger partial charge in [-0.2, -0.15) is 0 Å². The normalized spacial score (nSPS) is 9.00. The molecule has 1 aromatic heterocycles. The third-order valence-electron chi connectivity index (χ3n) is 0.958. The van der Waals surface area contributed by atoms with Crippen LogP contribution in [0.15, 0.2) is 24.5 Å². The predicted molar refractivity (Wildman–Crippen MR) is 33.7 cm³/mol. The minimum absolute atomic E-state index is 0.577. The van der Waals surface area contributed by atoms with Crippen molar-refractivity contribution in [2.24, 2.45) is 0 Å². The van der Waals surface area contributed by atoms with Crippen LogP contribution in [0.3, 0.4) is 0 Å². The quantitative estimate of drug-likeness (QED) is 0.478. The van der Waals surface area contributed by atoms with Gasteiger partial charge in [0.2, 0.25) is 0 Å². The highest BCUT2D eigenvalue weighted by Gasteiger charge is 1.80. The first kappa shape index (κ1) is 5.35. The Hall–Kier alpha value is -0.785. The molecule has 1 aromatic rings. The molecule has 0 saturated carbocycles. The zero-order chi connectivity index (χ0) is 5.82. The fourth-order valence-corrected chi connectivity index (χ4v) is 0.519. The van der Waals surface area contributed by atoms with Gasteiger partial charge in [0, 0.05) is 12.4 Å². The fourth-order valence-electron chi connectivity index (χ4n) is 0.519. The number of rotatable bonds is 1. The summed E-state index contributed by atoms with van der Waals surface area (Å²) in [6.45, 7) is 0. The second-order valence-corrected chi connectivity index (χ2v) is 1.57. The summed E-state index contributed by atoms with van der Waals surface area (Å²) >= 11 is 0. The molecule has 0 unspecified atom stereocenters. The Balaban J connectivity index is 2.83. The maximum absolute atomic E-state index is 5.31. The zero-order valence-corrected chi connectivity index (χ0v) is 4.54. The highest BCUT2D eigenvalue weighted by molar-refractivity contribution is 6.08. The number of hydrogen-bond acceptors (Lipinski definition) is 1. The molecule has 0 amide bonds. The van der Waals surface area contributed by atoms with Crippen LogP contribution in [0.5, 0.6) is 0 Å². The van der Waals surface area contributed by atoms with E-state index in [9.17, 15) is 0 Å².